The van der Waals surface area contributed by atoms with Gasteiger partial charge in [0.2, 0.25) is 0 Å². The van der Waals surface area contributed by atoms with Crippen LogP contribution in [0.4, 0.5) is 0 Å². The minimum Gasteiger partial charge on any atom is -0.508 e. The van der Waals surface area contributed by atoms with Crippen LogP contribution >= 0.6 is 0 Å². The highest BCUT2D eigenvalue weighted by molar-refractivity contribution is 5.73. The first-order valence-corrected chi connectivity index (χ1v) is 5.46. The zero-order valence-corrected chi connectivity index (χ0v) is 9.91. The summed E-state index contributed by atoms with van der Waals surface area (Å²) < 4.78 is 0. The normalized spacial score (nSPS) is 10.4. The van der Waals surface area contributed by atoms with Crippen LogP contribution in [0.2, 0.25) is 0 Å². The molecule has 2 aromatic carbocycles. The van der Waals surface area contributed by atoms with E-state index in [1.54, 1.807) is 6.07 Å². The molecule has 16 heavy (non-hydrogen) atoms. The Balaban J connectivity index is 2.69. The van der Waals surface area contributed by atoms with E-state index in [0.717, 1.165) is 16.7 Å². The average molecular weight is 212 g/mol. The van der Waals surface area contributed by atoms with Crippen molar-refractivity contribution in [3.05, 3.63) is 53.1 Å². The molecule has 0 aliphatic heterocycles. The number of aromatic hydroxyl groups is 1. The van der Waals surface area contributed by atoms with Crippen molar-refractivity contribution in [3.63, 3.8) is 0 Å². The van der Waals surface area contributed by atoms with Crippen LogP contribution in [0, 0.1) is 20.8 Å². The Labute approximate surface area is 96.4 Å². The van der Waals surface area contributed by atoms with Crippen molar-refractivity contribution in [1.82, 2.24) is 0 Å². The summed E-state index contributed by atoms with van der Waals surface area (Å²) in [5.74, 6) is 0.373. The molecule has 2 aromatic rings. The molecule has 0 aliphatic rings. The molecule has 0 heterocycles. The van der Waals surface area contributed by atoms with Gasteiger partial charge in [0.15, 0.2) is 0 Å². The van der Waals surface area contributed by atoms with Gasteiger partial charge in [-0.15, -0.1) is 0 Å². The van der Waals surface area contributed by atoms with Crippen LogP contribution in [-0.2, 0) is 0 Å². The number of aryl methyl sites for hydroxylation is 2. The molecule has 0 saturated carbocycles. The highest BCUT2D eigenvalue weighted by Crippen LogP contribution is 2.32. The van der Waals surface area contributed by atoms with E-state index in [1.807, 2.05) is 26.0 Å². The van der Waals surface area contributed by atoms with Gasteiger partial charge in [-0.2, -0.15) is 0 Å². The maximum atomic E-state index is 9.83. The molecule has 0 aromatic heterocycles. The van der Waals surface area contributed by atoms with Gasteiger partial charge in [0.05, 0.1) is 0 Å². The largest absolute Gasteiger partial charge is 0.508 e. The van der Waals surface area contributed by atoms with Crippen molar-refractivity contribution >= 4 is 0 Å². The fourth-order valence-electron chi connectivity index (χ4n) is 1.99. The highest BCUT2D eigenvalue weighted by Gasteiger charge is 2.08. The van der Waals surface area contributed by atoms with E-state index in [1.165, 1.54) is 11.1 Å². The van der Waals surface area contributed by atoms with Crippen molar-refractivity contribution in [2.75, 3.05) is 0 Å². The summed E-state index contributed by atoms with van der Waals surface area (Å²) in [7, 11) is 0. The Morgan fingerprint density at radius 1 is 0.875 bits per heavy atom. The first kappa shape index (κ1) is 10.7. The third-order valence-electron chi connectivity index (χ3n) is 2.96. The molecular weight excluding hydrogens is 196 g/mol. The number of hydrogen-bond donors (Lipinski definition) is 1. The zero-order chi connectivity index (χ0) is 11.7. The van der Waals surface area contributed by atoms with Crippen LogP contribution in [0.15, 0.2) is 36.4 Å². The van der Waals surface area contributed by atoms with Crippen LogP contribution in [0.1, 0.15) is 16.7 Å². The van der Waals surface area contributed by atoms with E-state index in [2.05, 4.69) is 25.1 Å². The molecule has 0 atom stereocenters. The molecular formula is C15H16O. The number of phenols is 1. The zero-order valence-electron chi connectivity index (χ0n) is 9.91. The molecule has 82 valence electrons. The second-order valence-corrected chi connectivity index (χ2v) is 4.27. The van der Waals surface area contributed by atoms with Gasteiger partial charge in [-0.3, -0.25) is 0 Å². The third kappa shape index (κ3) is 1.81. The van der Waals surface area contributed by atoms with E-state index in [4.69, 9.17) is 0 Å². The topological polar surface area (TPSA) is 20.2 Å². The lowest BCUT2D eigenvalue weighted by atomic mass is 9.94. The Kier molecular flexibility index (Phi) is 2.69. The number of rotatable bonds is 1. The molecule has 0 fully saturated rings. The molecule has 1 nitrogen and oxygen atoms in total. The standard InChI is InChI=1S/C15H16O/c1-10-8-14(12(3)15(16)9-10)13-7-5-4-6-11(13)2/h4-9,16H,1-3H3. The molecule has 0 radical (unpaired) electrons. The number of hydrogen-bond acceptors (Lipinski definition) is 1. The monoisotopic (exact) mass is 212 g/mol. The van der Waals surface area contributed by atoms with Crippen molar-refractivity contribution < 1.29 is 5.11 Å². The number of phenolic OH excluding ortho intramolecular Hbond substituents is 1. The molecule has 0 bridgehead atoms. The molecule has 2 rings (SSSR count). The van der Waals surface area contributed by atoms with E-state index in [0.29, 0.717) is 5.75 Å². The van der Waals surface area contributed by atoms with Crippen LogP contribution in [0.5, 0.6) is 5.75 Å². The van der Waals surface area contributed by atoms with E-state index in [-0.39, 0.29) is 0 Å². The van der Waals surface area contributed by atoms with Crippen LogP contribution in [-0.4, -0.2) is 5.11 Å². The van der Waals surface area contributed by atoms with Crippen LogP contribution < -0.4 is 0 Å². The Morgan fingerprint density at radius 3 is 2.25 bits per heavy atom. The van der Waals surface area contributed by atoms with E-state index in [9.17, 15) is 5.11 Å². The highest BCUT2D eigenvalue weighted by atomic mass is 16.3. The predicted octanol–water partition coefficient (Wildman–Crippen LogP) is 3.98. The van der Waals surface area contributed by atoms with Gasteiger partial charge >= 0.3 is 0 Å². The Bertz CT molecular complexity index is 527. The first-order chi connectivity index (χ1) is 7.59. The van der Waals surface area contributed by atoms with Gasteiger partial charge in [0.25, 0.3) is 0 Å². The SMILES string of the molecule is Cc1cc(O)c(C)c(-c2ccccc2C)c1. The molecule has 1 N–H and O–H groups in total. The van der Waals surface area contributed by atoms with Gasteiger partial charge < -0.3 is 5.11 Å². The fraction of sp³-hybridized carbons (Fsp3) is 0.200. The lowest BCUT2D eigenvalue weighted by Crippen LogP contribution is -1.88. The summed E-state index contributed by atoms with van der Waals surface area (Å²) in [5.41, 5.74) is 5.58. The van der Waals surface area contributed by atoms with Gasteiger partial charge in [-0.25, -0.2) is 0 Å². The van der Waals surface area contributed by atoms with E-state index < -0.39 is 0 Å². The number of benzene rings is 2. The lowest BCUT2D eigenvalue weighted by molar-refractivity contribution is 0.471. The van der Waals surface area contributed by atoms with Crippen molar-refractivity contribution in [1.29, 1.82) is 0 Å². The fourth-order valence-corrected chi connectivity index (χ4v) is 1.99. The van der Waals surface area contributed by atoms with Crippen LogP contribution in [0.3, 0.4) is 0 Å². The maximum absolute atomic E-state index is 9.83. The predicted molar refractivity (Wildman–Crippen MR) is 67.8 cm³/mol. The second-order valence-electron chi connectivity index (χ2n) is 4.27. The molecule has 0 unspecified atom stereocenters. The summed E-state index contributed by atoms with van der Waals surface area (Å²) in [6.45, 7) is 6.05. The van der Waals surface area contributed by atoms with Gasteiger partial charge in [-0.05, 0) is 54.7 Å². The van der Waals surface area contributed by atoms with E-state index >= 15 is 0 Å². The summed E-state index contributed by atoms with van der Waals surface area (Å²) in [6, 6.07) is 12.2. The first-order valence-electron chi connectivity index (χ1n) is 5.46. The lowest BCUT2D eigenvalue weighted by Gasteiger charge is -2.11. The Hall–Kier alpha value is -1.76. The summed E-state index contributed by atoms with van der Waals surface area (Å²) in [4.78, 5) is 0. The van der Waals surface area contributed by atoms with Gasteiger partial charge in [-0.1, -0.05) is 30.3 Å². The van der Waals surface area contributed by atoms with Gasteiger partial charge in [0.1, 0.15) is 5.75 Å². The molecule has 0 amide bonds. The third-order valence-corrected chi connectivity index (χ3v) is 2.96. The van der Waals surface area contributed by atoms with Crippen LogP contribution in [0.25, 0.3) is 11.1 Å². The van der Waals surface area contributed by atoms with Crippen molar-refractivity contribution in [3.8, 4) is 16.9 Å². The maximum Gasteiger partial charge on any atom is 0.119 e. The minimum atomic E-state index is 0.373. The molecule has 0 spiro atoms. The van der Waals surface area contributed by atoms with Gasteiger partial charge in [0, 0.05) is 0 Å². The smallest absolute Gasteiger partial charge is 0.119 e. The molecule has 0 aliphatic carbocycles. The summed E-state index contributed by atoms with van der Waals surface area (Å²) in [5, 5.41) is 9.83. The molecule has 1 heteroatoms. The average Bonchev–Trinajstić information content (AvgIpc) is 2.24. The minimum absolute atomic E-state index is 0.373. The molecule has 0 saturated heterocycles. The van der Waals surface area contributed by atoms with Crippen molar-refractivity contribution in [2.24, 2.45) is 0 Å². The summed E-state index contributed by atoms with van der Waals surface area (Å²) >= 11 is 0. The Morgan fingerprint density at radius 2 is 1.56 bits per heavy atom. The van der Waals surface area contributed by atoms with Crippen molar-refractivity contribution in [2.45, 2.75) is 20.8 Å². The quantitative estimate of drug-likeness (QED) is 0.758. The summed E-state index contributed by atoms with van der Waals surface area (Å²) in [6.07, 6.45) is 0. The second kappa shape index (κ2) is 4.01.